The van der Waals surface area contributed by atoms with Gasteiger partial charge in [0.1, 0.15) is 12.4 Å². The molecule has 0 unspecified atom stereocenters. The molecule has 0 atom stereocenters. The molecule has 6 rings (SSSR count). The average Bonchev–Trinajstić information content (AvgIpc) is 2.92. The first-order chi connectivity index (χ1) is 17.7. The minimum Gasteiger partial charge on any atom is -0.487 e. The average molecular weight is 491 g/mol. The predicted molar refractivity (Wildman–Crippen MR) is 142 cm³/mol. The van der Waals surface area contributed by atoms with Crippen molar-refractivity contribution in [2.45, 2.75) is 6.61 Å². The lowest BCUT2D eigenvalue weighted by Gasteiger charge is -2.13. The molecule has 6 aromatic rings. The molecule has 3 aromatic carbocycles. The molecule has 0 saturated heterocycles. The molecular formula is C29H19ClN4O2. The first kappa shape index (κ1) is 21.9. The normalized spacial score (nSPS) is 11.1. The summed E-state index contributed by atoms with van der Waals surface area (Å²) in [5.41, 5.74) is 4.55. The second-order valence-corrected chi connectivity index (χ2v) is 8.69. The van der Waals surface area contributed by atoms with Crippen LogP contribution in [0.2, 0.25) is 5.02 Å². The number of ether oxygens (including phenoxy) is 1. The number of nitrogens with one attached hydrogen (secondary N) is 1. The fourth-order valence-corrected chi connectivity index (χ4v) is 4.42. The molecule has 3 aromatic heterocycles. The minimum absolute atomic E-state index is 0.201. The first-order valence-electron chi connectivity index (χ1n) is 11.4. The van der Waals surface area contributed by atoms with Crippen LogP contribution in [0.4, 0.5) is 0 Å². The summed E-state index contributed by atoms with van der Waals surface area (Å²) in [6, 6.07) is 28.3. The number of H-pyrrole nitrogens is 1. The van der Waals surface area contributed by atoms with Crippen LogP contribution >= 0.6 is 11.6 Å². The Kier molecular flexibility index (Phi) is 5.64. The Morgan fingerprint density at radius 2 is 1.53 bits per heavy atom. The molecule has 1 N–H and O–H groups in total. The summed E-state index contributed by atoms with van der Waals surface area (Å²) in [5, 5.41) is 1.38. The van der Waals surface area contributed by atoms with Gasteiger partial charge >= 0.3 is 0 Å². The summed E-state index contributed by atoms with van der Waals surface area (Å²) >= 11 is 6.57. The molecule has 0 amide bonds. The number of benzene rings is 3. The summed E-state index contributed by atoms with van der Waals surface area (Å²) in [7, 11) is 0. The van der Waals surface area contributed by atoms with Gasteiger partial charge in [-0.3, -0.25) is 9.78 Å². The van der Waals surface area contributed by atoms with Gasteiger partial charge in [0, 0.05) is 28.8 Å². The van der Waals surface area contributed by atoms with Crippen LogP contribution in [0, 0.1) is 0 Å². The smallest absolute Gasteiger partial charge is 0.209 e. The van der Waals surface area contributed by atoms with E-state index in [-0.39, 0.29) is 17.6 Å². The maximum Gasteiger partial charge on any atom is 0.209 e. The van der Waals surface area contributed by atoms with Gasteiger partial charge in [0.2, 0.25) is 5.43 Å². The van der Waals surface area contributed by atoms with Crippen LogP contribution < -0.4 is 10.2 Å². The first-order valence-corrected chi connectivity index (χ1v) is 11.8. The molecule has 0 radical (unpaired) electrons. The molecule has 0 bridgehead atoms. The number of hydrogen-bond donors (Lipinski definition) is 1. The minimum atomic E-state index is -0.239. The van der Waals surface area contributed by atoms with Crippen molar-refractivity contribution in [3.05, 3.63) is 118 Å². The van der Waals surface area contributed by atoms with Crippen LogP contribution in [-0.2, 0) is 6.61 Å². The van der Waals surface area contributed by atoms with E-state index in [1.165, 1.54) is 6.07 Å². The van der Waals surface area contributed by atoms with E-state index in [1.807, 2.05) is 84.9 Å². The Bertz CT molecular complexity index is 1770. The van der Waals surface area contributed by atoms with Gasteiger partial charge in [-0.25, -0.2) is 9.97 Å². The number of nitrogens with zero attached hydrogens (tertiary/aromatic N) is 3. The van der Waals surface area contributed by atoms with Gasteiger partial charge < -0.3 is 9.72 Å². The Morgan fingerprint density at radius 3 is 2.33 bits per heavy atom. The van der Waals surface area contributed by atoms with E-state index in [4.69, 9.17) is 26.3 Å². The molecule has 0 saturated carbocycles. The quantitative estimate of drug-likeness (QED) is 0.301. The van der Waals surface area contributed by atoms with E-state index in [9.17, 15) is 4.79 Å². The predicted octanol–water partition coefficient (Wildman–Crippen LogP) is 6.43. The summed E-state index contributed by atoms with van der Waals surface area (Å²) in [6.07, 6.45) is 1.71. The Morgan fingerprint density at radius 1 is 0.778 bits per heavy atom. The Labute approximate surface area is 211 Å². The van der Waals surface area contributed by atoms with Crippen molar-refractivity contribution >= 4 is 33.7 Å². The highest BCUT2D eigenvalue weighted by Gasteiger charge is 2.17. The number of aromatic nitrogens is 4. The molecular weight excluding hydrogens is 472 g/mol. The van der Waals surface area contributed by atoms with Crippen LogP contribution in [0.15, 0.2) is 102 Å². The van der Waals surface area contributed by atoms with Crippen molar-refractivity contribution < 1.29 is 4.74 Å². The van der Waals surface area contributed by atoms with E-state index in [0.717, 1.165) is 16.5 Å². The molecule has 0 spiro atoms. The van der Waals surface area contributed by atoms with Crippen LogP contribution in [-0.4, -0.2) is 19.9 Å². The van der Waals surface area contributed by atoms with E-state index in [1.54, 1.807) is 6.20 Å². The number of hydrogen-bond acceptors (Lipinski definition) is 5. The third kappa shape index (κ3) is 4.19. The molecule has 0 aliphatic carbocycles. The summed E-state index contributed by atoms with van der Waals surface area (Å²) in [5.74, 6) is 0.715. The SMILES string of the molecule is O=c1cc(COc2ccccc2)[nH]c2nc(-c3ccccc3)c(-c3cc(Cl)c4ncccc4c3)nc12. The number of para-hydroxylation sites is 1. The zero-order valence-electron chi connectivity index (χ0n) is 19.0. The van der Waals surface area contributed by atoms with Crippen LogP contribution in [0.1, 0.15) is 5.69 Å². The summed E-state index contributed by atoms with van der Waals surface area (Å²) in [4.78, 5) is 30.4. The van der Waals surface area contributed by atoms with Crippen molar-refractivity contribution in [2.75, 3.05) is 0 Å². The number of halogens is 1. The Hall–Kier alpha value is -4.55. The monoisotopic (exact) mass is 490 g/mol. The molecule has 174 valence electrons. The van der Waals surface area contributed by atoms with Crippen LogP contribution in [0.25, 0.3) is 44.6 Å². The van der Waals surface area contributed by atoms with Crippen molar-refractivity contribution in [3.8, 4) is 28.3 Å². The maximum atomic E-state index is 13.1. The highest BCUT2D eigenvalue weighted by Crippen LogP contribution is 2.34. The lowest BCUT2D eigenvalue weighted by atomic mass is 10.0. The highest BCUT2D eigenvalue weighted by molar-refractivity contribution is 6.35. The van der Waals surface area contributed by atoms with E-state index < -0.39 is 0 Å². The van der Waals surface area contributed by atoms with E-state index in [0.29, 0.717) is 39.0 Å². The molecule has 6 nitrogen and oxygen atoms in total. The fraction of sp³-hybridized carbons (Fsp3) is 0.0345. The van der Waals surface area contributed by atoms with Crippen LogP contribution in [0.3, 0.4) is 0 Å². The Balaban J connectivity index is 1.52. The molecule has 7 heteroatoms. The lowest BCUT2D eigenvalue weighted by molar-refractivity contribution is 0.301. The van der Waals surface area contributed by atoms with Crippen molar-refractivity contribution in [2.24, 2.45) is 0 Å². The highest BCUT2D eigenvalue weighted by atomic mass is 35.5. The zero-order valence-corrected chi connectivity index (χ0v) is 19.7. The van der Waals surface area contributed by atoms with Gasteiger partial charge in [0.05, 0.1) is 27.6 Å². The van der Waals surface area contributed by atoms with Crippen LogP contribution in [0.5, 0.6) is 5.75 Å². The second kappa shape index (κ2) is 9.24. The number of pyridine rings is 2. The molecule has 0 fully saturated rings. The molecule has 36 heavy (non-hydrogen) atoms. The maximum absolute atomic E-state index is 13.1. The molecule has 0 aliphatic heterocycles. The number of aromatic amines is 1. The summed E-state index contributed by atoms with van der Waals surface area (Å²) < 4.78 is 5.82. The van der Waals surface area contributed by atoms with Gasteiger partial charge in [0.25, 0.3) is 0 Å². The summed E-state index contributed by atoms with van der Waals surface area (Å²) in [6.45, 7) is 0.201. The van der Waals surface area contributed by atoms with E-state index >= 15 is 0 Å². The van der Waals surface area contributed by atoms with Crippen molar-refractivity contribution in [1.82, 2.24) is 19.9 Å². The zero-order chi connectivity index (χ0) is 24.5. The number of fused-ring (bicyclic) bond motifs is 2. The standard InChI is InChI=1S/C29H19ClN4O2/c30-23-15-20(14-19-10-7-13-31-25(19)23)27-26(18-8-3-1-4-9-18)34-29-28(33-27)24(35)16-21(32-29)17-36-22-11-5-2-6-12-22/h1-16H,17H2,(H,32,34,35). The largest absolute Gasteiger partial charge is 0.487 e. The van der Waals surface area contributed by atoms with Gasteiger partial charge in [-0.15, -0.1) is 0 Å². The van der Waals surface area contributed by atoms with Crippen molar-refractivity contribution in [1.29, 1.82) is 0 Å². The molecule has 0 aliphatic rings. The van der Waals surface area contributed by atoms with Gasteiger partial charge in [0.15, 0.2) is 11.2 Å². The number of rotatable bonds is 5. The third-order valence-corrected chi connectivity index (χ3v) is 6.12. The topological polar surface area (TPSA) is 80.8 Å². The van der Waals surface area contributed by atoms with E-state index in [2.05, 4.69) is 9.97 Å². The third-order valence-electron chi connectivity index (χ3n) is 5.83. The lowest BCUT2D eigenvalue weighted by Crippen LogP contribution is -2.11. The van der Waals surface area contributed by atoms with Crippen molar-refractivity contribution in [3.63, 3.8) is 0 Å². The van der Waals surface area contributed by atoms with Gasteiger partial charge in [-0.2, -0.15) is 0 Å². The van der Waals surface area contributed by atoms with Gasteiger partial charge in [-0.1, -0.05) is 66.2 Å². The second-order valence-electron chi connectivity index (χ2n) is 8.28. The fourth-order valence-electron chi connectivity index (χ4n) is 4.15. The molecule has 3 heterocycles. The van der Waals surface area contributed by atoms with Gasteiger partial charge in [-0.05, 0) is 30.3 Å².